The molecule has 0 aromatic heterocycles. The lowest BCUT2D eigenvalue weighted by molar-refractivity contribution is -0.892. The van der Waals surface area contributed by atoms with Crippen molar-refractivity contribution in [3.05, 3.63) is 59.9 Å². The lowest BCUT2D eigenvalue weighted by Gasteiger charge is -2.33. The van der Waals surface area contributed by atoms with Gasteiger partial charge in [0.25, 0.3) is 5.91 Å². The van der Waals surface area contributed by atoms with E-state index in [2.05, 4.69) is 10.2 Å². The van der Waals surface area contributed by atoms with Gasteiger partial charge in [-0.3, -0.25) is 4.79 Å². The van der Waals surface area contributed by atoms with Gasteiger partial charge in [0.15, 0.2) is 6.54 Å². The zero-order chi connectivity index (χ0) is 19.2. The Hall–Kier alpha value is -2.93. The number of carbonyl (C=O) groups excluding carboxylic acids is 2. The Kier molecular flexibility index (Phi) is 6.03. The van der Waals surface area contributed by atoms with E-state index >= 15 is 0 Å². The predicted octanol–water partition coefficient (Wildman–Crippen LogP) is 0.956. The van der Waals surface area contributed by atoms with E-state index in [0.29, 0.717) is 17.8 Å². The number of anilines is 2. The highest BCUT2D eigenvalue weighted by atomic mass is 19.1. The third-order valence-corrected chi connectivity index (χ3v) is 4.68. The van der Waals surface area contributed by atoms with Crippen LogP contribution in [-0.4, -0.2) is 51.7 Å². The Balaban J connectivity index is 1.53. The molecule has 1 fully saturated rings. The van der Waals surface area contributed by atoms with Crippen LogP contribution in [0.5, 0.6) is 0 Å². The van der Waals surface area contributed by atoms with Crippen molar-refractivity contribution in [3.63, 3.8) is 0 Å². The number of carbonyl (C=O) groups is 2. The average molecular weight is 372 g/mol. The summed E-state index contributed by atoms with van der Waals surface area (Å²) in [5.41, 5.74) is 1.79. The molecule has 27 heavy (non-hydrogen) atoms. The number of para-hydroxylation sites is 1. The fourth-order valence-electron chi connectivity index (χ4n) is 3.21. The first-order valence-electron chi connectivity index (χ1n) is 8.88. The van der Waals surface area contributed by atoms with Crippen LogP contribution in [0.3, 0.4) is 0 Å². The first-order valence-corrected chi connectivity index (χ1v) is 8.88. The summed E-state index contributed by atoms with van der Waals surface area (Å²) in [4.78, 5) is 27.5. The number of nitrogens with one attached hydrogen (secondary N) is 2. The van der Waals surface area contributed by atoms with Crippen LogP contribution < -0.4 is 15.1 Å². The highest BCUT2D eigenvalue weighted by Gasteiger charge is 2.23. The second-order valence-corrected chi connectivity index (χ2v) is 6.48. The van der Waals surface area contributed by atoms with Gasteiger partial charge in [-0.15, -0.1) is 0 Å². The van der Waals surface area contributed by atoms with Crippen molar-refractivity contribution in [2.45, 2.75) is 0 Å². The van der Waals surface area contributed by atoms with Gasteiger partial charge in [-0.2, -0.15) is 0 Å². The molecule has 0 atom stereocenters. The first kappa shape index (κ1) is 18.8. The van der Waals surface area contributed by atoms with Crippen LogP contribution >= 0.6 is 0 Å². The maximum atomic E-state index is 13.0. The predicted molar refractivity (Wildman–Crippen MR) is 101 cm³/mol. The number of methoxy groups -OCH3 is 1. The monoisotopic (exact) mass is 372 g/mol. The van der Waals surface area contributed by atoms with Crippen molar-refractivity contribution in [3.8, 4) is 0 Å². The summed E-state index contributed by atoms with van der Waals surface area (Å²) >= 11 is 0. The quantitative estimate of drug-likeness (QED) is 0.768. The number of quaternary nitrogens is 1. The molecule has 1 aliphatic rings. The van der Waals surface area contributed by atoms with Crippen LogP contribution in [0, 0.1) is 5.82 Å². The molecule has 0 spiro atoms. The minimum atomic E-state index is -0.480. The number of halogens is 1. The van der Waals surface area contributed by atoms with Crippen molar-refractivity contribution < 1.29 is 23.6 Å². The molecule has 1 aliphatic heterocycles. The molecule has 7 heteroatoms. The Bertz CT molecular complexity index is 802. The molecule has 2 N–H and O–H groups in total. The molecule has 0 bridgehead atoms. The highest BCUT2D eigenvalue weighted by molar-refractivity contribution is 6.01. The normalized spacial score (nSPS) is 14.7. The van der Waals surface area contributed by atoms with Crippen molar-refractivity contribution in [2.24, 2.45) is 0 Å². The van der Waals surface area contributed by atoms with E-state index in [0.717, 1.165) is 31.9 Å². The van der Waals surface area contributed by atoms with Crippen LogP contribution in [0.2, 0.25) is 0 Å². The smallest absolute Gasteiger partial charge is 0.339 e. The van der Waals surface area contributed by atoms with Gasteiger partial charge in [0, 0.05) is 5.69 Å². The summed E-state index contributed by atoms with van der Waals surface area (Å²) in [7, 11) is 1.31. The molecule has 0 saturated carbocycles. The Morgan fingerprint density at radius 3 is 2.44 bits per heavy atom. The second-order valence-electron chi connectivity index (χ2n) is 6.48. The second kappa shape index (κ2) is 8.64. The zero-order valence-electron chi connectivity index (χ0n) is 15.2. The molecule has 0 aliphatic carbocycles. The van der Waals surface area contributed by atoms with Gasteiger partial charge in [-0.25, -0.2) is 9.18 Å². The molecule has 3 rings (SSSR count). The van der Waals surface area contributed by atoms with Gasteiger partial charge in [-0.1, -0.05) is 12.1 Å². The molecular formula is C20H23FN3O3+. The molecule has 142 valence electrons. The minimum Gasteiger partial charge on any atom is -0.465 e. The van der Waals surface area contributed by atoms with Gasteiger partial charge in [0.05, 0.1) is 44.5 Å². The van der Waals surface area contributed by atoms with Crippen molar-refractivity contribution in [1.82, 2.24) is 0 Å². The summed E-state index contributed by atoms with van der Waals surface area (Å²) in [5.74, 6) is -0.866. The number of piperazine rings is 1. The number of rotatable bonds is 5. The minimum absolute atomic E-state index is 0.142. The van der Waals surface area contributed by atoms with Crippen molar-refractivity contribution in [1.29, 1.82) is 0 Å². The number of benzene rings is 2. The maximum Gasteiger partial charge on any atom is 0.339 e. The summed E-state index contributed by atoms with van der Waals surface area (Å²) < 4.78 is 17.8. The molecule has 6 nitrogen and oxygen atoms in total. The largest absolute Gasteiger partial charge is 0.465 e. The third-order valence-electron chi connectivity index (χ3n) is 4.68. The Labute approximate surface area is 157 Å². The molecular weight excluding hydrogens is 349 g/mol. The standard InChI is InChI=1S/C20H22FN3O3/c1-27-20(26)17-4-2-3-5-18(17)22-19(25)14-23-10-12-24(13-11-23)16-8-6-15(21)7-9-16/h2-9H,10-14H2,1H3,(H,22,25)/p+1. The highest BCUT2D eigenvalue weighted by Crippen LogP contribution is 2.16. The fraction of sp³-hybridized carbons (Fsp3) is 0.300. The van der Waals surface area contributed by atoms with E-state index < -0.39 is 5.97 Å². The summed E-state index contributed by atoms with van der Waals surface area (Å²) in [5, 5.41) is 2.81. The number of nitrogens with zero attached hydrogens (tertiary/aromatic N) is 1. The van der Waals surface area contributed by atoms with Gasteiger partial charge in [0.1, 0.15) is 5.82 Å². The molecule has 1 saturated heterocycles. The van der Waals surface area contributed by atoms with Gasteiger partial charge in [-0.05, 0) is 36.4 Å². The van der Waals surface area contributed by atoms with Gasteiger partial charge >= 0.3 is 5.97 Å². The lowest BCUT2D eigenvalue weighted by Crippen LogP contribution is -3.15. The topological polar surface area (TPSA) is 63.1 Å². The van der Waals surface area contributed by atoms with Crippen LogP contribution in [-0.2, 0) is 9.53 Å². The van der Waals surface area contributed by atoms with Crippen LogP contribution in [0.1, 0.15) is 10.4 Å². The van der Waals surface area contributed by atoms with E-state index in [1.807, 2.05) is 0 Å². The Morgan fingerprint density at radius 2 is 1.78 bits per heavy atom. The fourth-order valence-corrected chi connectivity index (χ4v) is 3.21. The van der Waals surface area contributed by atoms with Crippen LogP contribution in [0.25, 0.3) is 0 Å². The molecule has 1 amide bonds. The lowest BCUT2D eigenvalue weighted by atomic mass is 10.2. The molecule has 2 aromatic carbocycles. The molecule has 0 unspecified atom stereocenters. The summed E-state index contributed by atoms with van der Waals surface area (Å²) in [6.07, 6.45) is 0. The van der Waals surface area contributed by atoms with Gasteiger partial charge in [0.2, 0.25) is 0 Å². The van der Waals surface area contributed by atoms with Crippen molar-refractivity contribution in [2.75, 3.05) is 50.1 Å². The SMILES string of the molecule is COC(=O)c1ccccc1NC(=O)C[NH+]1CCN(c2ccc(F)cc2)CC1. The van der Waals surface area contributed by atoms with Gasteiger partial charge < -0.3 is 19.9 Å². The average Bonchev–Trinajstić information content (AvgIpc) is 2.69. The van der Waals surface area contributed by atoms with Crippen molar-refractivity contribution >= 4 is 23.3 Å². The van der Waals surface area contributed by atoms with E-state index in [-0.39, 0.29) is 11.7 Å². The van der Waals surface area contributed by atoms with Crippen LogP contribution in [0.4, 0.5) is 15.8 Å². The third kappa shape index (κ3) is 4.83. The maximum absolute atomic E-state index is 13.0. The summed E-state index contributed by atoms with van der Waals surface area (Å²) in [6, 6.07) is 13.3. The van der Waals surface area contributed by atoms with E-state index in [1.165, 1.54) is 24.1 Å². The van der Waals surface area contributed by atoms with E-state index in [9.17, 15) is 14.0 Å². The number of ether oxygens (including phenoxy) is 1. The Morgan fingerprint density at radius 1 is 1.11 bits per heavy atom. The van der Waals surface area contributed by atoms with E-state index in [4.69, 9.17) is 4.74 Å². The molecule has 0 radical (unpaired) electrons. The van der Waals surface area contributed by atoms with E-state index in [1.54, 1.807) is 36.4 Å². The molecule has 2 aromatic rings. The summed E-state index contributed by atoms with van der Waals surface area (Å²) in [6.45, 7) is 3.54. The molecule has 1 heterocycles. The number of esters is 1. The number of hydrogen-bond acceptors (Lipinski definition) is 4. The number of hydrogen-bond donors (Lipinski definition) is 2. The number of amides is 1. The first-order chi connectivity index (χ1) is 13.1. The van der Waals surface area contributed by atoms with Crippen LogP contribution in [0.15, 0.2) is 48.5 Å². The zero-order valence-corrected chi connectivity index (χ0v) is 15.2.